The van der Waals surface area contributed by atoms with E-state index in [1.54, 1.807) is 0 Å². The summed E-state index contributed by atoms with van der Waals surface area (Å²) in [5, 5.41) is 17.4. The van der Waals surface area contributed by atoms with Crippen LogP contribution in [0, 0.1) is 0 Å². The summed E-state index contributed by atoms with van der Waals surface area (Å²) in [4.78, 5) is 10.2. The maximum absolute atomic E-state index is 11.8. The van der Waals surface area contributed by atoms with Crippen LogP contribution in [0.4, 0.5) is 18.3 Å². The molecule has 0 aliphatic rings. The normalized spacial score (nSPS) is 11.4. The fraction of sp³-hybridized carbons (Fsp3) is 0.500. The summed E-state index contributed by atoms with van der Waals surface area (Å²) in [6.07, 6.45) is -4.32. The molecule has 0 radical (unpaired) electrons. The Morgan fingerprint density at radius 1 is 1.50 bits per heavy atom. The van der Waals surface area contributed by atoms with Gasteiger partial charge in [0.1, 0.15) is 6.54 Å². The molecule has 2 N–H and O–H groups in total. The lowest BCUT2D eigenvalue weighted by Crippen LogP contribution is -2.21. The van der Waals surface area contributed by atoms with Gasteiger partial charge in [0.05, 0.1) is 5.75 Å². The molecular formula is C6H6F3N3O2S2. The Morgan fingerprint density at radius 2 is 2.19 bits per heavy atom. The number of halogens is 3. The first-order valence-electron chi connectivity index (χ1n) is 3.85. The number of nitrogens with zero attached hydrogens (tertiary/aromatic N) is 2. The molecule has 1 aromatic rings. The van der Waals surface area contributed by atoms with E-state index in [4.69, 9.17) is 5.11 Å². The van der Waals surface area contributed by atoms with Crippen LogP contribution in [0.15, 0.2) is 4.34 Å². The number of rotatable bonds is 5. The van der Waals surface area contributed by atoms with Crippen molar-refractivity contribution in [1.82, 2.24) is 10.2 Å². The van der Waals surface area contributed by atoms with E-state index in [0.717, 1.165) is 23.1 Å². The number of alkyl halides is 3. The molecule has 10 heteroatoms. The molecular weight excluding hydrogens is 267 g/mol. The second kappa shape index (κ2) is 5.34. The Bertz CT molecular complexity index is 368. The highest BCUT2D eigenvalue weighted by Crippen LogP contribution is 2.26. The van der Waals surface area contributed by atoms with E-state index in [9.17, 15) is 18.0 Å². The molecule has 90 valence electrons. The maximum Gasteiger partial charge on any atom is 0.405 e. The van der Waals surface area contributed by atoms with Crippen LogP contribution in [0.1, 0.15) is 0 Å². The maximum atomic E-state index is 11.8. The summed E-state index contributed by atoms with van der Waals surface area (Å²) in [6, 6.07) is 0. The number of hydrogen-bond donors (Lipinski definition) is 2. The predicted octanol–water partition coefficient (Wildman–Crippen LogP) is 1.69. The van der Waals surface area contributed by atoms with Gasteiger partial charge in [0.25, 0.3) is 0 Å². The molecule has 0 amide bonds. The van der Waals surface area contributed by atoms with Gasteiger partial charge in [0.2, 0.25) is 5.13 Å². The van der Waals surface area contributed by atoms with Gasteiger partial charge in [-0.15, -0.1) is 10.2 Å². The summed E-state index contributed by atoms with van der Waals surface area (Å²) in [6.45, 7) is -1.19. The monoisotopic (exact) mass is 273 g/mol. The number of thioether (sulfide) groups is 1. The second-order valence-electron chi connectivity index (χ2n) is 2.52. The molecule has 0 saturated heterocycles. The fourth-order valence-corrected chi connectivity index (χ4v) is 2.11. The minimum absolute atomic E-state index is 0.0187. The Hall–Kier alpha value is -1.03. The fourth-order valence-electron chi connectivity index (χ4n) is 0.639. The van der Waals surface area contributed by atoms with Crippen LogP contribution in [-0.2, 0) is 4.79 Å². The van der Waals surface area contributed by atoms with Crippen molar-refractivity contribution in [3.63, 3.8) is 0 Å². The van der Waals surface area contributed by atoms with Crippen molar-refractivity contribution in [2.24, 2.45) is 0 Å². The lowest BCUT2D eigenvalue weighted by molar-refractivity contribution is -0.133. The number of carbonyl (C=O) groups is 1. The van der Waals surface area contributed by atoms with E-state index in [1.165, 1.54) is 0 Å². The molecule has 0 aliphatic carbocycles. The minimum atomic E-state index is -4.32. The van der Waals surface area contributed by atoms with Crippen molar-refractivity contribution in [2.45, 2.75) is 10.5 Å². The molecule has 0 unspecified atom stereocenters. The smallest absolute Gasteiger partial charge is 0.405 e. The van der Waals surface area contributed by atoms with Gasteiger partial charge in [-0.3, -0.25) is 4.79 Å². The quantitative estimate of drug-likeness (QED) is 0.795. The number of carboxylic acids is 1. The Morgan fingerprint density at radius 3 is 2.75 bits per heavy atom. The molecule has 0 spiro atoms. The van der Waals surface area contributed by atoms with Crippen LogP contribution in [0.2, 0.25) is 0 Å². The van der Waals surface area contributed by atoms with E-state index in [1.807, 2.05) is 0 Å². The van der Waals surface area contributed by atoms with Gasteiger partial charge in [-0.2, -0.15) is 13.2 Å². The van der Waals surface area contributed by atoms with Crippen LogP contribution in [0.3, 0.4) is 0 Å². The summed E-state index contributed by atoms with van der Waals surface area (Å²) >= 11 is 1.79. The van der Waals surface area contributed by atoms with E-state index >= 15 is 0 Å². The first kappa shape index (κ1) is 13.0. The number of nitrogens with one attached hydrogen (secondary N) is 1. The molecule has 0 fully saturated rings. The first-order chi connectivity index (χ1) is 7.37. The summed E-state index contributed by atoms with van der Waals surface area (Å²) in [7, 11) is 0. The Kier molecular flexibility index (Phi) is 4.35. The van der Waals surface area contributed by atoms with E-state index in [-0.39, 0.29) is 10.9 Å². The van der Waals surface area contributed by atoms with Gasteiger partial charge < -0.3 is 10.4 Å². The average Bonchev–Trinajstić information content (AvgIpc) is 2.58. The molecule has 16 heavy (non-hydrogen) atoms. The van der Waals surface area contributed by atoms with E-state index < -0.39 is 18.7 Å². The van der Waals surface area contributed by atoms with Crippen molar-refractivity contribution < 1.29 is 23.1 Å². The molecule has 0 aromatic carbocycles. The number of carboxylic acid groups (broad SMARTS) is 1. The molecule has 0 aliphatic heterocycles. The molecule has 1 heterocycles. The highest BCUT2D eigenvalue weighted by molar-refractivity contribution is 8.01. The summed E-state index contributed by atoms with van der Waals surface area (Å²) in [5.41, 5.74) is 0. The van der Waals surface area contributed by atoms with Gasteiger partial charge in [0.15, 0.2) is 4.34 Å². The van der Waals surface area contributed by atoms with Crippen LogP contribution < -0.4 is 5.32 Å². The highest BCUT2D eigenvalue weighted by Gasteiger charge is 2.27. The van der Waals surface area contributed by atoms with Gasteiger partial charge in [-0.1, -0.05) is 23.1 Å². The first-order valence-corrected chi connectivity index (χ1v) is 5.66. The second-order valence-corrected chi connectivity index (χ2v) is 4.72. The Balaban J connectivity index is 2.42. The van der Waals surface area contributed by atoms with Crippen molar-refractivity contribution >= 4 is 34.2 Å². The minimum Gasteiger partial charge on any atom is -0.481 e. The van der Waals surface area contributed by atoms with Crippen molar-refractivity contribution in [2.75, 3.05) is 17.6 Å². The largest absolute Gasteiger partial charge is 0.481 e. The average molecular weight is 273 g/mol. The third-order valence-corrected chi connectivity index (χ3v) is 3.16. The summed E-state index contributed by atoms with van der Waals surface area (Å²) in [5.74, 6) is -1.22. The molecule has 0 bridgehead atoms. The lowest BCUT2D eigenvalue weighted by atomic mass is 10.6. The third kappa shape index (κ3) is 5.16. The zero-order valence-corrected chi connectivity index (χ0v) is 9.25. The molecule has 1 rings (SSSR count). The van der Waals surface area contributed by atoms with Crippen LogP contribution in [-0.4, -0.2) is 39.7 Å². The lowest BCUT2D eigenvalue weighted by Gasteiger charge is -2.05. The number of anilines is 1. The van der Waals surface area contributed by atoms with Crippen LogP contribution in [0.25, 0.3) is 0 Å². The number of aliphatic carboxylic acids is 1. The van der Waals surface area contributed by atoms with Gasteiger partial charge in [-0.25, -0.2) is 0 Å². The van der Waals surface area contributed by atoms with Crippen molar-refractivity contribution in [3.8, 4) is 0 Å². The predicted molar refractivity (Wildman–Crippen MR) is 52.8 cm³/mol. The summed E-state index contributed by atoms with van der Waals surface area (Å²) < 4.78 is 35.8. The van der Waals surface area contributed by atoms with Crippen molar-refractivity contribution in [3.05, 3.63) is 0 Å². The number of aromatic nitrogens is 2. The highest BCUT2D eigenvalue weighted by atomic mass is 32.2. The van der Waals surface area contributed by atoms with Crippen LogP contribution in [0.5, 0.6) is 0 Å². The zero-order chi connectivity index (χ0) is 12.2. The van der Waals surface area contributed by atoms with Gasteiger partial charge >= 0.3 is 12.1 Å². The van der Waals surface area contributed by atoms with E-state index in [2.05, 4.69) is 15.5 Å². The van der Waals surface area contributed by atoms with Gasteiger partial charge in [0, 0.05) is 0 Å². The SMILES string of the molecule is O=C(O)CSc1nnc(NCC(F)(F)F)s1. The Labute approximate surface area is 96.1 Å². The van der Waals surface area contributed by atoms with Crippen molar-refractivity contribution in [1.29, 1.82) is 0 Å². The molecule has 0 saturated carbocycles. The number of hydrogen-bond acceptors (Lipinski definition) is 6. The van der Waals surface area contributed by atoms with Gasteiger partial charge in [-0.05, 0) is 0 Å². The standard InChI is InChI=1S/C6H6F3N3O2S2/c7-6(8,9)2-10-4-11-12-5(16-4)15-1-3(13)14/h1-2H2,(H,10,11)(H,13,14). The van der Waals surface area contributed by atoms with Crippen LogP contribution >= 0.6 is 23.1 Å². The molecule has 5 nitrogen and oxygen atoms in total. The topological polar surface area (TPSA) is 75.1 Å². The molecule has 1 aromatic heterocycles. The third-order valence-electron chi connectivity index (χ3n) is 1.17. The molecule has 0 atom stereocenters. The van der Waals surface area contributed by atoms with E-state index in [0.29, 0.717) is 4.34 Å². The zero-order valence-electron chi connectivity index (χ0n) is 7.61.